The first-order valence-corrected chi connectivity index (χ1v) is 10.4. The summed E-state index contributed by atoms with van der Waals surface area (Å²) in [7, 11) is 2.10. The molecule has 0 amide bonds. The van der Waals surface area contributed by atoms with E-state index in [-0.39, 0.29) is 0 Å². The summed E-state index contributed by atoms with van der Waals surface area (Å²) in [5.74, 6) is 1.69. The van der Waals surface area contributed by atoms with E-state index in [0.29, 0.717) is 29.8 Å². The maximum absolute atomic E-state index is 9.25. The number of aromatic nitrogens is 2. The van der Waals surface area contributed by atoms with Crippen LogP contribution in [0.3, 0.4) is 0 Å². The number of benzene rings is 1. The molecular weight excluding hydrogens is 388 g/mol. The lowest BCUT2D eigenvalue weighted by atomic mass is 10.0. The number of rotatable bonds is 4. The molecule has 2 fully saturated rings. The first kappa shape index (κ1) is 19.7. The van der Waals surface area contributed by atoms with Crippen molar-refractivity contribution in [3.63, 3.8) is 0 Å². The molecule has 1 aromatic heterocycles. The molecule has 152 valence electrons. The Bertz CT molecular complexity index is 895. The maximum atomic E-state index is 9.25. The van der Waals surface area contributed by atoms with Crippen molar-refractivity contribution >= 4 is 29.1 Å². The highest BCUT2D eigenvalue weighted by Crippen LogP contribution is 2.28. The van der Waals surface area contributed by atoms with Crippen LogP contribution < -0.4 is 14.7 Å². The van der Waals surface area contributed by atoms with Gasteiger partial charge in [0, 0.05) is 56.2 Å². The quantitative estimate of drug-likeness (QED) is 0.764. The largest absolute Gasteiger partial charge is 0.378 e. The second-order valence-electron chi connectivity index (χ2n) is 7.48. The van der Waals surface area contributed by atoms with Crippen LogP contribution in [0.4, 0.5) is 17.5 Å². The monoisotopic (exact) mass is 412 g/mol. The Morgan fingerprint density at radius 3 is 2.83 bits per heavy atom. The molecule has 0 radical (unpaired) electrons. The Balaban J connectivity index is 1.50. The van der Waals surface area contributed by atoms with Crippen LogP contribution in [0.25, 0.3) is 0 Å². The number of ether oxygens (including phenoxy) is 1. The lowest BCUT2D eigenvalue weighted by Crippen LogP contribution is -2.47. The third-order valence-electron chi connectivity index (χ3n) is 5.60. The smallest absolute Gasteiger partial charge is 0.227 e. The van der Waals surface area contributed by atoms with Gasteiger partial charge < -0.3 is 19.4 Å². The number of halogens is 1. The van der Waals surface area contributed by atoms with Crippen molar-refractivity contribution < 1.29 is 4.74 Å². The zero-order chi connectivity index (χ0) is 20.2. The fraction of sp³-hybridized carbons (Fsp3) is 0.476. The van der Waals surface area contributed by atoms with Gasteiger partial charge in [-0.1, -0.05) is 11.6 Å². The fourth-order valence-electron chi connectivity index (χ4n) is 3.97. The molecule has 3 heterocycles. The number of morpholine rings is 1. The van der Waals surface area contributed by atoms with E-state index in [2.05, 4.69) is 32.8 Å². The normalized spacial score (nSPS) is 19.7. The molecule has 4 rings (SSSR count). The average Bonchev–Trinajstić information content (AvgIpc) is 2.79. The molecule has 0 saturated carbocycles. The molecule has 2 saturated heterocycles. The van der Waals surface area contributed by atoms with E-state index >= 15 is 0 Å². The van der Waals surface area contributed by atoms with E-state index in [4.69, 9.17) is 21.3 Å². The van der Waals surface area contributed by atoms with Crippen LogP contribution in [0.15, 0.2) is 30.5 Å². The lowest BCUT2D eigenvalue weighted by Gasteiger charge is -2.39. The zero-order valence-electron chi connectivity index (χ0n) is 16.6. The molecule has 0 N–H and O–H groups in total. The first-order chi connectivity index (χ1) is 14.1. The number of hydrogen-bond acceptors (Lipinski definition) is 7. The van der Waals surface area contributed by atoms with E-state index in [1.807, 2.05) is 24.4 Å². The van der Waals surface area contributed by atoms with Gasteiger partial charge in [-0.15, -0.1) is 0 Å². The highest BCUT2D eigenvalue weighted by molar-refractivity contribution is 6.31. The molecule has 1 aromatic carbocycles. The third-order valence-corrected chi connectivity index (χ3v) is 5.82. The molecule has 2 aliphatic rings. The minimum Gasteiger partial charge on any atom is -0.378 e. The van der Waals surface area contributed by atoms with Gasteiger partial charge in [0.05, 0.1) is 24.8 Å². The van der Waals surface area contributed by atoms with Crippen molar-refractivity contribution in [1.82, 2.24) is 9.97 Å². The van der Waals surface area contributed by atoms with Crippen LogP contribution in [-0.4, -0.2) is 62.5 Å². The van der Waals surface area contributed by atoms with Crippen LogP contribution in [-0.2, 0) is 4.74 Å². The van der Waals surface area contributed by atoms with Crippen LogP contribution in [0, 0.1) is 11.3 Å². The van der Waals surface area contributed by atoms with Crippen LogP contribution >= 0.6 is 11.6 Å². The molecule has 7 nitrogen and oxygen atoms in total. The molecule has 2 aromatic rings. The second-order valence-corrected chi connectivity index (χ2v) is 7.91. The van der Waals surface area contributed by atoms with Crippen molar-refractivity contribution in [3.8, 4) is 6.07 Å². The molecule has 0 aliphatic carbocycles. The summed E-state index contributed by atoms with van der Waals surface area (Å²) in [6.07, 6.45) is 4.00. The fourth-order valence-corrected chi connectivity index (χ4v) is 4.19. The van der Waals surface area contributed by atoms with E-state index in [9.17, 15) is 5.26 Å². The van der Waals surface area contributed by atoms with Gasteiger partial charge in [-0.25, -0.2) is 4.98 Å². The van der Waals surface area contributed by atoms with Gasteiger partial charge in [-0.05, 0) is 37.1 Å². The molecule has 0 spiro atoms. The Hall–Kier alpha value is -2.56. The standard InChI is InChI=1S/C21H25ClN6O/c1-26(20-4-5-24-21(25-20)27-7-9-29-10-8-27)18-3-2-6-28(15-18)19-12-16(14-23)11-17(22)13-19/h4-5,11-13,18H,2-3,6-10,15H2,1H3. The topological polar surface area (TPSA) is 68.5 Å². The van der Waals surface area contributed by atoms with Gasteiger partial charge in [-0.2, -0.15) is 10.2 Å². The third kappa shape index (κ3) is 4.55. The van der Waals surface area contributed by atoms with Crippen LogP contribution in [0.1, 0.15) is 18.4 Å². The number of anilines is 3. The number of nitriles is 1. The molecule has 0 bridgehead atoms. The number of piperidine rings is 1. The Kier molecular flexibility index (Phi) is 6.02. The molecule has 1 unspecified atom stereocenters. The minimum absolute atomic E-state index is 0.320. The second kappa shape index (κ2) is 8.85. The van der Waals surface area contributed by atoms with Gasteiger partial charge in [0.15, 0.2) is 0 Å². The van der Waals surface area contributed by atoms with E-state index in [0.717, 1.165) is 56.5 Å². The van der Waals surface area contributed by atoms with Gasteiger partial charge in [-0.3, -0.25) is 0 Å². The number of hydrogen-bond donors (Lipinski definition) is 0. The summed E-state index contributed by atoms with van der Waals surface area (Å²) in [5.41, 5.74) is 1.60. The first-order valence-electron chi connectivity index (χ1n) is 9.98. The molecule has 2 aliphatic heterocycles. The Morgan fingerprint density at radius 2 is 2.03 bits per heavy atom. The van der Waals surface area contributed by atoms with Crippen molar-refractivity contribution in [2.45, 2.75) is 18.9 Å². The maximum Gasteiger partial charge on any atom is 0.227 e. The van der Waals surface area contributed by atoms with Crippen molar-refractivity contribution in [1.29, 1.82) is 5.26 Å². The Morgan fingerprint density at radius 1 is 1.21 bits per heavy atom. The van der Waals surface area contributed by atoms with Gasteiger partial charge in [0.2, 0.25) is 5.95 Å². The Labute approximate surface area is 176 Å². The highest BCUT2D eigenvalue weighted by Gasteiger charge is 2.25. The van der Waals surface area contributed by atoms with Crippen molar-refractivity contribution in [2.75, 3.05) is 61.1 Å². The summed E-state index contributed by atoms with van der Waals surface area (Å²) in [6, 6.07) is 10.0. The number of nitrogens with zero attached hydrogens (tertiary/aromatic N) is 6. The molecular formula is C21H25ClN6O. The SMILES string of the molecule is CN(c1ccnc(N2CCOCC2)n1)C1CCCN(c2cc(Cl)cc(C#N)c2)C1. The highest BCUT2D eigenvalue weighted by atomic mass is 35.5. The molecule has 8 heteroatoms. The van der Waals surface area contributed by atoms with Crippen molar-refractivity contribution in [3.05, 3.63) is 41.0 Å². The summed E-state index contributed by atoms with van der Waals surface area (Å²) in [4.78, 5) is 16.0. The summed E-state index contributed by atoms with van der Waals surface area (Å²) >= 11 is 6.22. The lowest BCUT2D eigenvalue weighted by molar-refractivity contribution is 0.122. The van der Waals surface area contributed by atoms with E-state index in [1.54, 1.807) is 6.07 Å². The minimum atomic E-state index is 0.320. The predicted molar refractivity (Wildman–Crippen MR) is 115 cm³/mol. The summed E-state index contributed by atoms with van der Waals surface area (Å²) < 4.78 is 5.43. The summed E-state index contributed by atoms with van der Waals surface area (Å²) in [6.45, 7) is 4.88. The van der Waals surface area contributed by atoms with Gasteiger partial charge >= 0.3 is 0 Å². The van der Waals surface area contributed by atoms with Gasteiger partial charge in [0.25, 0.3) is 0 Å². The van der Waals surface area contributed by atoms with Gasteiger partial charge in [0.1, 0.15) is 5.82 Å². The zero-order valence-corrected chi connectivity index (χ0v) is 17.3. The average molecular weight is 413 g/mol. The number of likely N-dealkylation sites (N-methyl/N-ethyl adjacent to an activating group) is 1. The molecule has 29 heavy (non-hydrogen) atoms. The van der Waals surface area contributed by atoms with Crippen LogP contribution in [0.5, 0.6) is 0 Å². The summed E-state index contributed by atoms with van der Waals surface area (Å²) in [5, 5.41) is 9.84. The predicted octanol–water partition coefficient (Wildman–Crippen LogP) is 2.94. The van der Waals surface area contributed by atoms with E-state index in [1.165, 1.54) is 0 Å². The van der Waals surface area contributed by atoms with E-state index < -0.39 is 0 Å². The van der Waals surface area contributed by atoms with Crippen LogP contribution in [0.2, 0.25) is 5.02 Å². The van der Waals surface area contributed by atoms with Crippen molar-refractivity contribution in [2.24, 2.45) is 0 Å². The molecule has 1 atom stereocenters.